The zero-order valence-electron chi connectivity index (χ0n) is 7.58. The first-order chi connectivity index (χ1) is 6.02. The predicted octanol–water partition coefficient (Wildman–Crippen LogP) is 1.77. The van der Waals surface area contributed by atoms with Gasteiger partial charge in [0.2, 0.25) is 0 Å². The van der Waals surface area contributed by atoms with Crippen molar-refractivity contribution in [1.29, 1.82) is 0 Å². The molecule has 0 unspecified atom stereocenters. The van der Waals surface area contributed by atoms with E-state index in [9.17, 15) is 8.78 Å². The van der Waals surface area contributed by atoms with E-state index in [2.05, 4.69) is 0 Å². The summed E-state index contributed by atoms with van der Waals surface area (Å²) in [5, 5.41) is 9.08. The SMILES string of the molecule is C[C@@H](O)[C@@H](N)c1cc(F)ccc1F.Cl. The molecule has 0 saturated carbocycles. The Balaban J connectivity index is 0.00000169. The largest absolute Gasteiger partial charge is 0.391 e. The molecule has 0 aliphatic heterocycles. The van der Waals surface area contributed by atoms with Crippen molar-refractivity contribution in [2.24, 2.45) is 5.73 Å². The first-order valence-corrected chi connectivity index (χ1v) is 3.91. The number of hydrogen-bond acceptors (Lipinski definition) is 2. The lowest BCUT2D eigenvalue weighted by Crippen LogP contribution is -2.24. The minimum absolute atomic E-state index is 0. The first-order valence-electron chi connectivity index (χ1n) is 3.91. The molecule has 0 amide bonds. The standard InChI is InChI=1S/C9H11F2NO.ClH/c1-5(13)9(12)7-4-6(10)2-3-8(7)11;/h2-5,9,13H,12H2,1H3;1H/t5-,9-;/m1./s1. The van der Waals surface area contributed by atoms with Gasteiger partial charge in [-0.1, -0.05) is 0 Å². The van der Waals surface area contributed by atoms with Gasteiger partial charge in [-0.2, -0.15) is 0 Å². The van der Waals surface area contributed by atoms with Crippen molar-refractivity contribution in [3.8, 4) is 0 Å². The van der Waals surface area contributed by atoms with Crippen LogP contribution in [0.1, 0.15) is 18.5 Å². The third-order valence-electron chi connectivity index (χ3n) is 1.84. The molecule has 2 nitrogen and oxygen atoms in total. The summed E-state index contributed by atoms with van der Waals surface area (Å²) in [5.74, 6) is -1.16. The lowest BCUT2D eigenvalue weighted by Gasteiger charge is -2.15. The summed E-state index contributed by atoms with van der Waals surface area (Å²) >= 11 is 0. The molecule has 0 spiro atoms. The normalized spacial score (nSPS) is 14.4. The van der Waals surface area contributed by atoms with E-state index in [1.165, 1.54) is 6.92 Å². The van der Waals surface area contributed by atoms with Crippen LogP contribution in [0, 0.1) is 11.6 Å². The minimum Gasteiger partial charge on any atom is -0.391 e. The molecule has 0 radical (unpaired) electrons. The fourth-order valence-corrected chi connectivity index (χ4v) is 1.03. The molecular formula is C9H12ClF2NO. The van der Waals surface area contributed by atoms with Crippen LogP contribution in [0.5, 0.6) is 0 Å². The molecule has 1 aromatic carbocycles. The fraction of sp³-hybridized carbons (Fsp3) is 0.333. The maximum Gasteiger partial charge on any atom is 0.128 e. The Morgan fingerprint density at radius 1 is 1.36 bits per heavy atom. The predicted molar refractivity (Wildman–Crippen MR) is 52.2 cm³/mol. The highest BCUT2D eigenvalue weighted by molar-refractivity contribution is 5.85. The van der Waals surface area contributed by atoms with E-state index in [0.717, 1.165) is 18.2 Å². The molecule has 0 aliphatic carbocycles. The Bertz CT molecular complexity index is 307. The van der Waals surface area contributed by atoms with Gasteiger partial charge in [0.25, 0.3) is 0 Å². The molecule has 2 atom stereocenters. The molecule has 14 heavy (non-hydrogen) atoms. The van der Waals surface area contributed by atoms with Crippen molar-refractivity contribution in [2.75, 3.05) is 0 Å². The summed E-state index contributed by atoms with van der Waals surface area (Å²) in [4.78, 5) is 0. The fourth-order valence-electron chi connectivity index (χ4n) is 1.03. The van der Waals surface area contributed by atoms with Gasteiger partial charge in [-0.3, -0.25) is 0 Å². The second kappa shape index (κ2) is 5.24. The van der Waals surface area contributed by atoms with E-state index in [-0.39, 0.29) is 18.0 Å². The van der Waals surface area contributed by atoms with Gasteiger partial charge in [-0.15, -0.1) is 12.4 Å². The zero-order chi connectivity index (χ0) is 10.0. The van der Waals surface area contributed by atoms with Crippen LogP contribution in [0.3, 0.4) is 0 Å². The molecular weight excluding hydrogens is 212 g/mol. The second-order valence-electron chi connectivity index (χ2n) is 2.93. The van der Waals surface area contributed by atoms with Gasteiger partial charge < -0.3 is 10.8 Å². The van der Waals surface area contributed by atoms with Crippen LogP contribution in [-0.4, -0.2) is 11.2 Å². The third kappa shape index (κ3) is 2.90. The number of benzene rings is 1. The van der Waals surface area contributed by atoms with Crippen molar-refractivity contribution >= 4 is 12.4 Å². The van der Waals surface area contributed by atoms with Gasteiger partial charge in [0, 0.05) is 5.56 Å². The van der Waals surface area contributed by atoms with E-state index in [1.54, 1.807) is 0 Å². The van der Waals surface area contributed by atoms with Gasteiger partial charge in [0.1, 0.15) is 11.6 Å². The van der Waals surface area contributed by atoms with Crippen LogP contribution in [0.2, 0.25) is 0 Å². The van der Waals surface area contributed by atoms with Crippen molar-refractivity contribution in [2.45, 2.75) is 19.1 Å². The Morgan fingerprint density at radius 2 is 1.93 bits per heavy atom. The van der Waals surface area contributed by atoms with E-state index in [4.69, 9.17) is 10.8 Å². The van der Waals surface area contributed by atoms with Crippen LogP contribution in [-0.2, 0) is 0 Å². The second-order valence-corrected chi connectivity index (χ2v) is 2.93. The average Bonchev–Trinajstić information content (AvgIpc) is 2.08. The summed E-state index contributed by atoms with van der Waals surface area (Å²) in [6, 6.07) is 2.10. The lowest BCUT2D eigenvalue weighted by molar-refractivity contribution is 0.162. The summed E-state index contributed by atoms with van der Waals surface area (Å²) in [6.45, 7) is 1.43. The van der Waals surface area contributed by atoms with Crippen molar-refractivity contribution < 1.29 is 13.9 Å². The maximum atomic E-state index is 13.0. The van der Waals surface area contributed by atoms with Crippen LogP contribution < -0.4 is 5.73 Å². The molecule has 5 heteroatoms. The minimum atomic E-state index is -0.906. The number of hydrogen-bond donors (Lipinski definition) is 2. The van der Waals surface area contributed by atoms with Gasteiger partial charge in [-0.05, 0) is 25.1 Å². The molecule has 0 heterocycles. The van der Waals surface area contributed by atoms with E-state index >= 15 is 0 Å². The van der Waals surface area contributed by atoms with Crippen LogP contribution in [0.25, 0.3) is 0 Å². The summed E-state index contributed by atoms with van der Waals surface area (Å²) < 4.78 is 25.7. The summed E-state index contributed by atoms with van der Waals surface area (Å²) in [5.41, 5.74) is 5.45. The van der Waals surface area contributed by atoms with E-state index < -0.39 is 23.8 Å². The smallest absolute Gasteiger partial charge is 0.128 e. The summed E-state index contributed by atoms with van der Waals surface area (Å²) in [6.07, 6.45) is -0.906. The molecule has 0 aliphatic rings. The Kier molecular flexibility index (Phi) is 4.97. The third-order valence-corrected chi connectivity index (χ3v) is 1.84. The number of halogens is 3. The van der Waals surface area contributed by atoms with E-state index in [0.29, 0.717) is 0 Å². The number of nitrogens with two attached hydrogens (primary N) is 1. The molecule has 3 N–H and O–H groups in total. The van der Waals surface area contributed by atoms with Crippen LogP contribution >= 0.6 is 12.4 Å². The first kappa shape index (κ1) is 13.3. The van der Waals surface area contributed by atoms with Crippen LogP contribution in [0.4, 0.5) is 8.78 Å². The average molecular weight is 224 g/mol. The highest BCUT2D eigenvalue weighted by atomic mass is 35.5. The van der Waals surface area contributed by atoms with Gasteiger partial charge >= 0.3 is 0 Å². The Hall–Kier alpha value is -0.710. The van der Waals surface area contributed by atoms with E-state index in [1.807, 2.05) is 0 Å². The number of aliphatic hydroxyl groups excluding tert-OH is 1. The quantitative estimate of drug-likeness (QED) is 0.803. The van der Waals surface area contributed by atoms with Crippen molar-refractivity contribution in [3.05, 3.63) is 35.4 Å². The molecule has 0 aromatic heterocycles. The van der Waals surface area contributed by atoms with Crippen molar-refractivity contribution in [1.82, 2.24) is 0 Å². The molecule has 0 bridgehead atoms. The Labute approximate surface area is 87.1 Å². The number of rotatable bonds is 2. The van der Waals surface area contributed by atoms with Gasteiger partial charge in [0.05, 0.1) is 12.1 Å². The zero-order valence-corrected chi connectivity index (χ0v) is 8.39. The van der Waals surface area contributed by atoms with Crippen LogP contribution in [0.15, 0.2) is 18.2 Å². The molecule has 0 fully saturated rings. The van der Waals surface area contributed by atoms with Crippen molar-refractivity contribution in [3.63, 3.8) is 0 Å². The topological polar surface area (TPSA) is 46.2 Å². The highest BCUT2D eigenvalue weighted by Crippen LogP contribution is 2.18. The number of aliphatic hydroxyl groups is 1. The van der Waals surface area contributed by atoms with Gasteiger partial charge in [-0.25, -0.2) is 8.78 Å². The highest BCUT2D eigenvalue weighted by Gasteiger charge is 2.16. The monoisotopic (exact) mass is 223 g/mol. The molecule has 80 valence electrons. The molecule has 1 aromatic rings. The summed E-state index contributed by atoms with van der Waals surface area (Å²) in [7, 11) is 0. The van der Waals surface area contributed by atoms with Gasteiger partial charge in [0.15, 0.2) is 0 Å². The molecule has 1 rings (SSSR count). The molecule has 0 saturated heterocycles. The maximum absolute atomic E-state index is 13.0. The Morgan fingerprint density at radius 3 is 2.43 bits per heavy atom. The lowest BCUT2D eigenvalue weighted by atomic mass is 10.0.